The van der Waals surface area contributed by atoms with Gasteiger partial charge in [-0.25, -0.2) is 0 Å². The molecule has 0 radical (unpaired) electrons. The number of likely N-dealkylation sites (tertiary alicyclic amines) is 2. The van der Waals surface area contributed by atoms with Gasteiger partial charge in [-0.15, -0.1) is 0 Å². The van der Waals surface area contributed by atoms with Gasteiger partial charge in [0.2, 0.25) is 11.8 Å². The van der Waals surface area contributed by atoms with Crippen molar-refractivity contribution in [2.45, 2.75) is 32.1 Å². The predicted octanol–water partition coefficient (Wildman–Crippen LogP) is 2.39. The van der Waals surface area contributed by atoms with Gasteiger partial charge in [-0.2, -0.15) is 0 Å². The van der Waals surface area contributed by atoms with Gasteiger partial charge in [-0.1, -0.05) is 18.2 Å². The van der Waals surface area contributed by atoms with Crippen LogP contribution in [-0.4, -0.2) is 59.8 Å². The van der Waals surface area contributed by atoms with E-state index in [1.54, 1.807) is 0 Å². The number of carbonyl (C=O) groups excluding carboxylic acids is 2. The lowest BCUT2D eigenvalue weighted by atomic mass is 9.78. The average Bonchev–Trinajstić information content (AvgIpc) is 3.34. The number of aromatic amines is 1. The Balaban J connectivity index is 1.33. The molecule has 2 aromatic rings. The maximum atomic E-state index is 12.8. The molecule has 6 nitrogen and oxygen atoms in total. The lowest BCUT2D eigenvalue weighted by Crippen LogP contribution is -2.38. The lowest BCUT2D eigenvalue weighted by molar-refractivity contribution is -0.130. The second kappa shape index (κ2) is 8.57. The number of aromatic nitrogens is 1. The third-order valence-electron chi connectivity index (χ3n) is 6.96. The first-order valence-corrected chi connectivity index (χ1v) is 10.8. The summed E-state index contributed by atoms with van der Waals surface area (Å²) in [5.74, 6) is 0.432. The van der Waals surface area contributed by atoms with Gasteiger partial charge in [0.25, 0.3) is 0 Å². The molecule has 2 fully saturated rings. The van der Waals surface area contributed by atoms with E-state index in [1.807, 2.05) is 23.2 Å². The molecular formula is C23H32N4O2. The zero-order valence-corrected chi connectivity index (χ0v) is 17.3. The Hall–Kier alpha value is -2.34. The molecule has 0 saturated carbocycles. The van der Waals surface area contributed by atoms with E-state index in [4.69, 9.17) is 5.73 Å². The number of nitrogens with one attached hydrogen (secondary N) is 1. The van der Waals surface area contributed by atoms with E-state index >= 15 is 0 Å². The van der Waals surface area contributed by atoms with Gasteiger partial charge in [0.1, 0.15) is 0 Å². The molecule has 2 aliphatic rings. The van der Waals surface area contributed by atoms with Crippen molar-refractivity contribution < 1.29 is 9.59 Å². The molecule has 1 aromatic carbocycles. The van der Waals surface area contributed by atoms with Gasteiger partial charge in [-0.3, -0.25) is 9.59 Å². The summed E-state index contributed by atoms with van der Waals surface area (Å²) in [5, 5.41) is 1.23. The van der Waals surface area contributed by atoms with Crippen LogP contribution in [0.1, 0.15) is 31.2 Å². The molecule has 0 aliphatic carbocycles. The number of amides is 2. The Morgan fingerprint density at radius 3 is 2.69 bits per heavy atom. The van der Waals surface area contributed by atoms with Gasteiger partial charge in [-0.05, 0) is 69.3 Å². The van der Waals surface area contributed by atoms with E-state index in [0.29, 0.717) is 25.4 Å². The van der Waals surface area contributed by atoms with Crippen LogP contribution in [0.3, 0.4) is 0 Å². The quantitative estimate of drug-likeness (QED) is 0.787. The summed E-state index contributed by atoms with van der Waals surface area (Å²) >= 11 is 0. The van der Waals surface area contributed by atoms with Crippen LogP contribution in [0.15, 0.2) is 30.5 Å². The minimum absolute atomic E-state index is 0.159. The molecule has 2 aliphatic heterocycles. The highest BCUT2D eigenvalue weighted by atomic mass is 16.2. The summed E-state index contributed by atoms with van der Waals surface area (Å²) in [6, 6.07) is 8.26. The highest BCUT2D eigenvalue weighted by Crippen LogP contribution is 2.35. The molecule has 2 atom stereocenters. The lowest BCUT2D eigenvalue weighted by Gasteiger charge is -2.34. The third kappa shape index (κ3) is 4.32. The minimum atomic E-state index is -0.247. The van der Waals surface area contributed by atoms with E-state index in [9.17, 15) is 9.59 Å². The van der Waals surface area contributed by atoms with Gasteiger partial charge in [0, 0.05) is 36.6 Å². The van der Waals surface area contributed by atoms with Crippen molar-refractivity contribution in [2.24, 2.45) is 23.5 Å². The molecule has 0 unspecified atom stereocenters. The van der Waals surface area contributed by atoms with Crippen LogP contribution in [-0.2, 0) is 16.0 Å². The van der Waals surface area contributed by atoms with Crippen molar-refractivity contribution in [1.82, 2.24) is 14.8 Å². The number of rotatable bonds is 6. The molecule has 0 spiro atoms. The number of aryl methyl sites for hydroxylation is 1. The zero-order chi connectivity index (χ0) is 20.4. The van der Waals surface area contributed by atoms with E-state index in [0.717, 1.165) is 44.3 Å². The van der Waals surface area contributed by atoms with E-state index < -0.39 is 0 Å². The number of nitrogens with zero attached hydrogens (tertiary/aromatic N) is 2. The number of H-pyrrole nitrogens is 1. The number of carbonyl (C=O) groups is 2. The number of para-hydroxylation sites is 1. The number of fused-ring (bicyclic) bond motifs is 1. The molecule has 3 heterocycles. The summed E-state index contributed by atoms with van der Waals surface area (Å²) in [7, 11) is 2.14. The van der Waals surface area contributed by atoms with Crippen molar-refractivity contribution in [2.75, 3.05) is 33.2 Å². The molecule has 6 heteroatoms. The molecule has 3 N–H and O–H groups in total. The highest BCUT2D eigenvalue weighted by molar-refractivity contribution is 5.83. The van der Waals surface area contributed by atoms with Gasteiger partial charge < -0.3 is 20.5 Å². The van der Waals surface area contributed by atoms with E-state index in [2.05, 4.69) is 29.1 Å². The monoisotopic (exact) mass is 396 g/mol. The standard InChI is InChI=1S/C23H32N4O2/c1-26-11-9-16(10-12-26)19-14-27(15-20(19)23(24)29)22(28)8-4-5-17-13-25-21-7-3-2-6-18(17)21/h2-3,6-7,13,16,19-20,25H,4-5,8-12,14-15H2,1H3,(H2,24,29)/t19-,20+/m0/s1. The van der Waals surface area contributed by atoms with Crippen LogP contribution < -0.4 is 5.73 Å². The van der Waals surface area contributed by atoms with Crippen molar-refractivity contribution in [3.8, 4) is 0 Å². The summed E-state index contributed by atoms with van der Waals surface area (Å²) < 4.78 is 0. The summed E-state index contributed by atoms with van der Waals surface area (Å²) in [4.78, 5) is 32.4. The van der Waals surface area contributed by atoms with Crippen molar-refractivity contribution in [1.29, 1.82) is 0 Å². The number of hydrogen-bond donors (Lipinski definition) is 2. The fourth-order valence-corrected chi connectivity index (χ4v) is 5.19. The Kier molecular flexibility index (Phi) is 5.90. The van der Waals surface area contributed by atoms with Crippen LogP contribution in [0.2, 0.25) is 0 Å². The number of piperidine rings is 1. The van der Waals surface area contributed by atoms with Crippen LogP contribution in [0.4, 0.5) is 0 Å². The molecular weight excluding hydrogens is 364 g/mol. The van der Waals surface area contributed by atoms with Gasteiger partial charge >= 0.3 is 0 Å². The van der Waals surface area contributed by atoms with Gasteiger partial charge in [0.15, 0.2) is 0 Å². The van der Waals surface area contributed by atoms with Crippen molar-refractivity contribution in [3.63, 3.8) is 0 Å². The number of hydrogen-bond acceptors (Lipinski definition) is 3. The Morgan fingerprint density at radius 2 is 1.93 bits per heavy atom. The first kappa shape index (κ1) is 20.0. The Labute approximate surface area is 172 Å². The maximum absolute atomic E-state index is 12.8. The van der Waals surface area contributed by atoms with Gasteiger partial charge in [0.05, 0.1) is 5.92 Å². The van der Waals surface area contributed by atoms with E-state index in [1.165, 1.54) is 10.9 Å². The van der Waals surface area contributed by atoms with Crippen LogP contribution in [0.25, 0.3) is 10.9 Å². The summed E-state index contributed by atoms with van der Waals surface area (Å²) in [6.45, 7) is 3.31. The summed E-state index contributed by atoms with van der Waals surface area (Å²) in [6.07, 6.45) is 6.44. The van der Waals surface area contributed by atoms with Crippen LogP contribution in [0, 0.1) is 17.8 Å². The number of primary amides is 1. The smallest absolute Gasteiger partial charge is 0.222 e. The molecule has 4 rings (SSSR count). The SMILES string of the molecule is CN1CCC([C@@H]2CN(C(=O)CCCc3c[nH]c4ccccc34)C[C@H]2C(N)=O)CC1. The van der Waals surface area contributed by atoms with Crippen molar-refractivity contribution >= 4 is 22.7 Å². The van der Waals surface area contributed by atoms with Crippen molar-refractivity contribution in [3.05, 3.63) is 36.0 Å². The fraction of sp³-hybridized carbons (Fsp3) is 0.565. The second-order valence-corrected chi connectivity index (χ2v) is 8.83. The molecule has 1 aromatic heterocycles. The topological polar surface area (TPSA) is 82.4 Å². The minimum Gasteiger partial charge on any atom is -0.369 e. The molecule has 29 heavy (non-hydrogen) atoms. The summed E-state index contributed by atoms with van der Waals surface area (Å²) in [5.41, 5.74) is 8.11. The van der Waals surface area contributed by atoms with Crippen LogP contribution >= 0.6 is 0 Å². The second-order valence-electron chi connectivity index (χ2n) is 8.83. The molecule has 156 valence electrons. The molecule has 2 amide bonds. The fourth-order valence-electron chi connectivity index (χ4n) is 5.19. The van der Waals surface area contributed by atoms with E-state index in [-0.39, 0.29) is 23.7 Å². The Bertz CT molecular complexity index is 869. The zero-order valence-electron chi connectivity index (χ0n) is 17.3. The largest absolute Gasteiger partial charge is 0.369 e. The molecule has 0 bridgehead atoms. The average molecular weight is 397 g/mol. The maximum Gasteiger partial charge on any atom is 0.222 e. The number of benzene rings is 1. The predicted molar refractivity (Wildman–Crippen MR) is 114 cm³/mol. The van der Waals surface area contributed by atoms with Crippen LogP contribution in [0.5, 0.6) is 0 Å². The molecule has 2 saturated heterocycles. The first-order valence-electron chi connectivity index (χ1n) is 10.8. The first-order chi connectivity index (χ1) is 14.0. The Morgan fingerprint density at radius 1 is 1.17 bits per heavy atom. The number of nitrogens with two attached hydrogens (primary N) is 1. The third-order valence-corrected chi connectivity index (χ3v) is 6.96. The normalized spacial score (nSPS) is 23.7. The highest BCUT2D eigenvalue weighted by Gasteiger charge is 2.42.